The number of H-pyrrole nitrogens is 1. The predicted molar refractivity (Wildman–Crippen MR) is 64.7 cm³/mol. The third-order valence-electron chi connectivity index (χ3n) is 3.35. The molecule has 1 unspecified atom stereocenters. The van der Waals surface area contributed by atoms with E-state index < -0.39 is 11.4 Å². The van der Waals surface area contributed by atoms with Crippen LogP contribution in [0.25, 0.3) is 0 Å². The number of rotatable bonds is 6. The van der Waals surface area contributed by atoms with Gasteiger partial charge in [0, 0.05) is 12.8 Å². The summed E-state index contributed by atoms with van der Waals surface area (Å²) in [7, 11) is 0. The van der Waals surface area contributed by atoms with Crippen LogP contribution in [0, 0.1) is 11.3 Å². The van der Waals surface area contributed by atoms with Gasteiger partial charge in [-0.15, -0.1) is 0 Å². The number of aromatic nitrogens is 3. The average Bonchev–Trinajstić information content (AvgIpc) is 2.65. The lowest BCUT2D eigenvalue weighted by Gasteiger charge is -2.27. The Labute approximate surface area is 102 Å². The number of aromatic amines is 1. The van der Waals surface area contributed by atoms with Crippen molar-refractivity contribution in [2.24, 2.45) is 11.3 Å². The highest BCUT2D eigenvalue weighted by Crippen LogP contribution is 2.30. The van der Waals surface area contributed by atoms with E-state index >= 15 is 0 Å². The maximum absolute atomic E-state index is 11.3. The third kappa shape index (κ3) is 3.05. The van der Waals surface area contributed by atoms with Crippen molar-refractivity contribution in [3.8, 4) is 0 Å². The van der Waals surface area contributed by atoms with E-state index in [1.54, 1.807) is 6.92 Å². The minimum atomic E-state index is -0.803. The van der Waals surface area contributed by atoms with Gasteiger partial charge in [0.25, 0.3) is 0 Å². The van der Waals surface area contributed by atoms with Gasteiger partial charge in [-0.1, -0.05) is 20.8 Å². The molecule has 96 valence electrons. The molecule has 1 aromatic heterocycles. The molecule has 5 heteroatoms. The Kier molecular flexibility index (Phi) is 4.26. The fraction of sp³-hybridized carbons (Fsp3) is 0.750. The second-order valence-corrected chi connectivity index (χ2v) is 5.00. The number of hydrogen-bond acceptors (Lipinski definition) is 3. The average molecular weight is 239 g/mol. The Morgan fingerprint density at radius 2 is 2.18 bits per heavy atom. The SMILES string of the molecule is CCCc1n[nH]c(CC(C)(C(=O)O)C(C)C)n1. The number of nitrogens with one attached hydrogen (secondary N) is 1. The van der Waals surface area contributed by atoms with Crippen molar-refractivity contribution in [2.45, 2.75) is 47.0 Å². The van der Waals surface area contributed by atoms with E-state index in [1.165, 1.54) is 0 Å². The second-order valence-electron chi connectivity index (χ2n) is 5.00. The van der Waals surface area contributed by atoms with Crippen molar-refractivity contribution < 1.29 is 9.90 Å². The summed E-state index contributed by atoms with van der Waals surface area (Å²) in [4.78, 5) is 15.7. The normalized spacial score (nSPS) is 14.9. The molecule has 0 aliphatic carbocycles. The van der Waals surface area contributed by atoms with Gasteiger partial charge in [0.05, 0.1) is 5.41 Å². The van der Waals surface area contributed by atoms with Crippen molar-refractivity contribution in [2.75, 3.05) is 0 Å². The Bertz CT molecular complexity index is 387. The molecule has 0 saturated carbocycles. The van der Waals surface area contributed by atoms with Gasteiger partial charge in [-0.2, -0.15) is 5.10 Å². The van der Waals surface area contributed by atoms with Crippen molar-refractivity contribution in [1.29, 1.82) is 0 Å². The highest BCUT2D eigenvalue weighted by atomic mass is 16.4. The molecule has 17 heavy (non-hydrogen) atoms. The van der Waals surface area contributed by atoms with Crippen LogP contribution >= 0.6 is 0 Å². The predicted octanol–water partition coefficient (Wildman–Crippen LogP) is 2.05. The summed E-state index contributed by atoms with van der Waals surface area (Å²) in [5.41, 5.74) is -0.803. The molecule has 0 bridgehead atoms. The molecule has 1 aromatic rings. The number of carbonyl (C=O) groups is 1. The van der Waals surface area contributed by atoms with Crippen LogP contribution in [-0.4, -0.2) is 26.3 Å². The van der Waals surface area contributed by atoms with E-state index in [9.17, 15) is 9.90 Å². The first-order valence-electron chi connectivity index (χ1n) is 6.03. The van der Waals surface area contributed by atoms with Crippen molar-refractivity contribution in [3.05, 3.63) is 11.6 Å². The lowest BCUT2D eigenvalue weighted by molar-refractivity contribution is -0.150. The van der Waals surface area contributed by atoms with Crippen molar-refractivity contribution in [3.63, 3.8) is 0 Å². The molecule has 2 N–H and O–H groups in total. The molecule has 1 atom stereocenters. The summed E-state index contributed by atoms with van der Waals surface area (Å²) in [5.74, 6) is 0.673. The maximum atomic E-state index is 11.3. The van der Waals surface area contributed by atoms with E-state index in [1.807, 2.05) is 13.8 Å². The number of aryl methyl sites for hydroxylation is 1. The number of nitrogens with zero attached hydrogens (tertiary/aromatic N) is 2. The number of carboxylic acid groups (broad SMARTS) is 1. The van der Waals surface area contributed by atoms with Crippen LogP contribution in [0.15, 0.2) is 0 Å². The van der Waals surface area contributed by atoms with Gasteiger partial charge in [-0.05, 0) is 19.3 Å². The first kappa shape index (κ1) is 13.7. The smallest absolute Gasteiger partial charge is 0.310 e. The summed E-state index contributed by atoms with van der Waals surface area (Å²) in [6.07, 6.45) is 2.19. The third-order valence-corrected chi connectivity index (χ3v) is 3.35. The van der Waals surface area contributed by atoms with Gasteiger partial charge in [0.1, 0.15) is 5.82 Å². The molecule has 0 aromatic carbocycles. The summed E-state index contributed by atoms with van der Waals surface area (Å²) < 4.78 is 0. The fourth-order valence-electron chi connectivity index (χ4n) is 1.62. The Hall–Kier alpha value is -1.39. The minimum absolute atomic E-state index is 0.0414. The van der Waals surface area contributed by atoms with Gasteiger partial charge in [-0.25, -0.2) is 4.98 Å². The summed E-state index contributed by atoms with van der Waals surface area (Å²) in [6.45, 7) is 7.64. The van der Waals surface area contributed by atoms with Crippen LogP contribution in [0.2, 0.25) is 0 Å². The standard InChI is InChI=1S/C12H21N3O2/c1-5-6-9-13-10(15-14-9)7-12(4,8(2)3)11(16)17/h8H,5-7H2,1-4H3,(H,16,17)(H,13,14,15). The molecule has 0 aliphatic heterocycles. The highest BCUT2D eigenvalue weighted by molar-refractivity contribution is 5.74. The van der Waals surface area contributed by atoms with Gasteiger partial charge in [0.15, 0.2) is 5.82 Å². The lowest BCUT2D eigenvalue weighted by atomic mass is 9.76. The molecule has 0 amide bonds. The van der Waals surface area contributed by atoms with Crippen LogP contribution in [0.5, 0.6) is 0 Å². The quantitative estimate of drug-likeness (QED) is 0.796. The molecule has 1 heterocycles. The first-order chi connectivity index (χ1) is 7.90. The van der Waals surface area contributed by atoms with Crippen LogP contribution in [0.1, 0.15) is 45.8 Å². The maximum Gasteiger partial charge on any atom is 0.310 e. The molecule has 0 fully saturated rings. The fourth-order valence-corrected chi connectivity index (χ4v) is 1.62. The Morgan fingerprint density at radius 3 is 2.65 bits per heavy atom. The zero-order valence-electron chi connectivity index (χ0n) is 10.9. The zero-order valence-corrected chi connectivity index (χ0v) is 10.9. The van der Waals surface area contributed by atoms with Gasteiger partial charge >= 0.3 is 5.97 Å². The van der Waals surface area contributed by atoms with Gasteiger partial charge < -0.3 is 5.11 Å². The molecule has 0 saturated heterocycles. The summed E-state index contributed by atoms with van der Waals surface area (Å²) >= 11 is 0. The van der Waals surface area contributed by atoms with E-state index in [0.717, 1.165) is 18.7 Å². The number of aliphatic carboxylic acids is 1. The van der Waals surface area contributed by atoms with Crippen molar-refractivity contribution >= 4 is 5.97 Å². The molecule has 5 nitrogen and oxygen atoms in total. The van der Waals surface area contributed by atoms with E-state index in [-0.39, 0.29) is 5.92 Å². The van der Waals surface area contributed by atoms with Gasteiger partial charge in [-0.3, -0.25) is 9.89 Å². The molecule has 0 spiro atoms. The molecular weight excluding hydrogens is 218 g/mol. The van der Waals surface area contributed by atoms with Gasteiger partial charge in [0.2, 0.25) is 0 Å². The number of carboxylic acids is 1. The molecule has 0 radical (unpaired) electrons. The monoisotopic (exact) mass is 239 g/mol. The second kappa shape index (κ2) is 5.29. The number of hydrogen-bond donors (Lipinski definition) is 2. The highest BCUT2D eigenvalue weighted by Gasteiger charge is 2.37. The van der Waals surface area contributed by atoms with Crippen molar-refractivity contribution in [1.82, 2.24) is 15.2 Å². The van der Waals surface area contributed by atoms with Crippen LogP contribution in [0.4, 0.5) is 0 Å². The molecular formula is C12H21N3O2. The first-order valence-corrected chi connectivity index (χ1v) is 6.03. The van der Waals surface area contributed by atoms with E-state index in [0.29, 0.717) is 12.2 Å². The minimum Gasteiger partial charge on any atom is -0.481 e. The van der Waals surface area contributed by atoms with Crippen LogP contribution in [0.3, 0.4) is 0 Å². The van der Waals surface area contributed by atoms with Crippen LogP contribution in [-0.2, 0) is 17.6 Å². The Balaban J connectivity index is 2.83. The molecule has 0 aliphatic rings. The van der Waals surface area contributed by atoms with E-state index in [2.05, 4.69) is 22.1 Å². The largest absolute Gasteiger partial charge is 0.481 e. The lowest BCUT2D eigenvalue weighted by Crippen LogP contribution is -2.35. The summed E-state index contributed by atoms with van der Waals surface area (Å²) in [6, 6.07) is 0. The summed E-state index contributed by atoms with van der Waals surface area (Å²) in [5, 5.41) is 16.2. The Morgan fingerprint density at radius 1 is 1.53 bits per heavy atom. The van der Waals surface area contributed by atoms with E-state index in [4.69, 9.17) is 0 Å². The zero-order chi connectivity index (χ0) is 13.1. The topological polar surface area (TPSA) is 78.9 Å². The molecule has 1 rings (SSSR count). The van der Waals surface area contributed by atoms with Crippen LogP contribution < -0.4 is 0 Å².